The second-order valence-corrected chi connectivity index (χ2v) is 7.01. The van der Waals surface area contributed by atoms with Crippen molar-refractivity contribution in [1.29, 1.82) is 0 Å². The molecule has 0 saturated carbocycles. The van der Waals surface area contributed by atoms with Gasteiger partial charge >= 0.3 is 0 Å². The van der Waals surface area contributed by atoms with Crippen molar-refractivity contribution in [3.8, 4) is 0 Å². The highest BCUT2D eigenvalue weighted by atomic mass is 32.2. The lowest BCUT2D eigenvalue weighted by molar-refractivity contribution is 0.0955. The van der Waals surface area contributed by atoms with Gasteiger partial charge in [0.05, 0.1) is 5.75 Å². The molecule has 0 unspecified atom stereocenters. The third-order valence-corrected chi connectivity index (χ3v) is 4.04. The van der Waals surface area contributed by atoms with E-state index in [1.165, 1.54) is 0 Å². The summed E-state index contributed by atoms with van der Waals surface area (Å²) in [5, 5.41) is 5.92. The first-order chi connectivity index (χ1) is 8.97. The fourth-order valence-electron chi connectivity index (χ4n) is 2.17. The Balaban J connectivity index is 2.07. The fraction of sp³-hybridized carbons (Fsp3) is 0.462. The van der Waals surface area contributed by atoms with E-state index in [0.717, 1.165) is 36.9 Å². The maximum atomic E-state index is 12.1. The molecule has 0 aliphatic carbocycles. The maximum Gasteiger partial charge on any atom is 0.251 e. The number of benzene rings is 1. The highest BCUT2D eigenvalue weighted by Gasteiger charge is 2.17. The molecule has 19 heavy (non-hydrogen) atoms. The van der Waals surface area contributed by atoms with Crippen LogP contribution < -0.4 is 10.6 Å². The van der Waals surface area contributed by atoms with Crippen molar-refractivity contribution >= 4 is 21.4 Å². The lowest BCUT2D eigenvalue weighted by Gasteiger charge is -2.20. The number of sulfone groups is 1. The Bertz CT molecular complexity index is 582. The zero-order valence-electron chi connectivity index (χ0n) is 10.9. The van der Waals surface area contributed by atoms with Gasteiger partial charge in [-0.1, -0.05) is 6.07 Å². The summed E-state index contributed by atoms with van der Waals surface area (Å²) < 4.78 is 22.0. The molecule has 1 heterocycles. The number of carbonyl (C=O) groups excluding carboxylic acids is 1. The number of nitrogens with one attached hydrogen (secondary N) is 2. The minimum absolute atomic E-state index is 0.0357. The molecule has 0 spiro atoms. The normalized spacial score (nSPS) is 14.4. The molecule has 0 saturated heterocycles. The topological polar surface area (TPSA) is 75.3 Å². The molecule has 104 valence electrons. The van der Waals surface area contributed by atoms with Gasteiger partial charge in [0, 0.05) is 30.6 Å². The van der Waals surface area contributed by atoms with Crippen LogP contribution in [0.2, 0.25) is 0 Å². The van der Waals surface area contributed by atoms with E-state index in [2.05, 4.69) is 10.6 Å². The Morgan fingerprint density at radius 2 is 2.21 bits per heavy atom. The second kappa shape index (κ2) is 5.61. The molecule has 1 aromatic carbocycles. The van der Waals surface area contributed by atoms with E-state index in [-0.39, 0.29) is 18.2 Å². The highest BCUT2D eigenvalue weighted by molar-refractivity contribution is 7.90. The van der Waals surface area contributed by atoms with E-state index in [0.29, 0.717) is 5.56 Å². The van der Waals surface area contributed by atoms with E-state index in [9.17, 15) is 13.2 Å². The van der Waals surface area contributed by atoms with Crippen molar-refractivity contribution in [2.24, 2.45) is 0 Å². The molecule has 0 aromatic heterocycles. The first-order valence-electron chi connectivity index (χ1n) is 6.29. The molecule has 6 heteroatoms. The van der Waals surface area contributed by atoms with Crippen LogP contribution in [0.3, 0.4) is 0 Å². The predicted molar refractivity (Wildman–Crippen MR) is 75.3 cm³/mol. The molecule has 1 amide bonds. The highest BCUT2D eigenvalue weighted by Crippen LogP contribution is 2.25. The lowest BCUT2D eigenvalue weighted by Crippen LogP contribution is -2.30. The summed E-state index contributed by atoms with van der Waals surface area (Å²) in [7, 11) is -3.05. The number of amides is 1. The van der Waals surface area contributed by atoms with Crippen LogP contribution in [-0.4, -0.2) is 39.4 Å². The van der Waals surface area contributed by atoms with E-state index < -0.39 is 9.84 Å². The summed E-state index contributed by atoms with van der Waals surface area (Å²) in [5.41, 5.74) is 2.66. The van der Waals surface area contributed by atoms with Gasteiger partial charge in [0.2, 0.25) is 0 Å². The number of anilines is 1. The Morgan fingerprint density at radius 3 is 2.95 bits per heavy atom. The molecule has 5 nitrogen and oxygen atoms in total. The first-order valence-corrected chi connectivity index (χ1v) is 8.35. The second-order valence-electron chi connectivity index (χ2n) is 4.75. The summed E-state index contributed by atoms with van der Waals surface area (Å²) in [6.07, 6.45) is 3.03. The van der Waals surface area contributed by atoms with Gasteiger partial charge in [0.15, 0.2) is 0 Å². The van der Waals surface area contributed by atoms with Crippen LogP contribution in [0.5, 0.6) is 0 Å². The molecule has 0 fully saturated rings. The third kappa shape index (κ3) is 3.70. The van der Waals surface area contributed by atoms with E-state index >= 15 is 0 Å². The largest absolute Gasteiger partial charge is 0.385 e. The zero-order valence-corrected chi connectivity index (χ0v) is 11.7. The molecule has 1 aromatic rings. The minimum atomic E-state index is -3.05. The Hall–Kier alpha value is -1.56. The van der Waals surface area contributed by atoms with Gasteiger partial charge in [0.1, 0.15) is 9.84 Å². The van der Waals surface area contributed by atoms with E-state index in [1.54, 1.807) is 6.07 Å². The summed E-state index contributed by atoms with van der Waals surface area (Å²) in [6.45, 7) is 1.07. The van der Waals surface area contributed by atoms with Gasteiger partial charge in [0.25, 0.3) is 5.91 Å². The van der Waals surface area contributed by atoms with E-state index in [1.807, 2.05) is 12.1 Å². The lowest BCUT2D eigenvalue weighted by atomic mass is 9.97. The standard InChI is InChI=1S/C13H18N2O3S/c1-19(17,18)9-8-15-13(16)11-4-2-6-12-10(11)5-3-7-14-12/h2,4,6,14H,3,5,7-9H2,1H3,(H,15,16). The van der Waals surface area contributed by atoms with Crippen LogP contribution in [-0.2, 0) is 16.3 Å². The van der Waals surface area contributed by atoms with Crippen molar-refractivity contribution < 1.29 is 13.2 Å². The first kappa shape index (κ1) is 13.9. The van der Waals surface area contributed by atoms with Crippen LogP contribution in [0.1, 0.15) is 22.3 Å². The summed E-state index contributed by atoms with van der Waals surface area (Å²) in [6, 6.07) is 5.58. The van der Waals surface area contributed by atoms with Gasteiger partial charge in [-0.3, -0.25) is 4.79 Å². The summed E-state index contributed by atoms with van der Waals surface area (Å²) in [5.74, 6) is -0.240. The number of hydrogen-bond donors (Lipinski definition) is 2. The molecule has 0 radical (unpaired) electrons. The average molecular weight is 282 g/mol. The Morgan fingerprint density at radius 1 is 1.42 bits per heavy atom. The SMILES string of the molecule is CS(=O)(=O)CCNC(=O)c1cccc2c1CCCN2. The number of hydrogen-bond acceptors (Lipinski definition) is 4. The van der Waals surface area contributed by atoms with Crippen LogP contribution in [0.25, 0.3) is 0 Å². The molecule has 1 aliphatic rings. The molecule has 2 rings (SSSR count). The molecule has 0 atom stereocenters. The Kier molecular flexibility index (Phi) is 4.09. The number of rotatable bonds is 4. The van der Waals surface area contributed by atoms with Crippen LogP contribution >= 0.6 is 0 Å². The molecular weight excluding hydrogens is 264 g/mol. The smallest absolute Gasteiger partial charge is 0.251 e. The summed E-state index contributed by atoms with van der Waals surface area (Å²) >= 11 is 0. The number of fused-ring (bicyclic) bond motifs is 1. The van der Waals surface area contributed by atoms with Crippen molar-refractivity contribution in [3.63, 3.8) is 0 Å². The molecule has 0 bridgehead atoms. The Labute approximate surface area is 113 Å². The van der Waals surface area contributed by atoms with Crippen molar-refractivity contribution in [2.45, 2.75) is 12.8 Å². The van der Waals surface area contributed by atoms with Gasteiger partial charge in [-0.05, 0) is 30.5 Å². The van der Waals surface area contributed by atoms with Gasteiger partial charge in [-0.15, -0.1) is 0 Å². The minimum Gasteiger partial charge on any atom is -0.385 e. The van der Waals surface area contributed by atoms with Crippen LogP contribution in [0.15, 0.2) is 18.2 Å². The predicted octanol–water partition coefficient (Wildman–Crippen LogP) is 0.819. The summed E-state index contributed by atoms with van der Waals surface area (Å²) in [4.78, 5) is 12.1. The van der Waals surface area contributed by atoms with E-state index in [4.69, 9.17) is 0 Å². The van der Waals surface area contributed by atoms with Crippen molar-refractivity contribution in [1.82, 2.24) is 5.32 Å². The quantitative estimate of drug-likeness (QED) is 0.857. The molecule has 1 aliphatic heterocycles. The molecule has 2 N–H and O–H groups in total. The van der Waals surface area contributed by atoms with Crippen LogP contribution in [0, 0.1) is 0 Å². The van der Waals surface area contributed by atoms with Gasteiger partial charge < -0.3 is 10.6 Å². The number of carbonyl (C=O) groups is 1. The third-order valence-electron chi connectivity index (χ3n) is 3.10. The zero-order chi connectivity index (χ0) is 13.9. The van der Waals surface area contributed by atoms with Crippen LogP contribution in [0.4, 0.5) is 5.69 Å². The molecular formula is C13H18N2O3S. The van der Waals surface area contributed by atoms with Crippen molar-refractivity contribution in [3.05, 3.63) is 29.3 Å². The van der Waals surface area contributed by atoms with Crippen molar-refractivity contribution in [2.75, 3.05) is 30.4 Å². The monoisotopic (exact) mass is 282 g/mol. The average Bonchev–Trinajstić information content (AvgIpc) is 2.36. The fourth-order valence-corrected chi connectivity index (χ4v) is 2.64. The maximum absolute atomic E-state index is 12.1. The van der Waals surface area contributed by atoms with Gasteiger partial charge in [-0.25, -0.2) is 8.42 Å². The van der Waals surface area contributed by atoms with Gasteiger partial charge in [-0.2, -0.15) is 0 Å².